The molecule has 1 fully saturated rings. The van der Waals surface area contributed by atoms with Gasteiger partial charge in [0.25, 0.3) is 0 Å². The van der Waals surface area contributed by atoms with Crippen molar-refractivity contribution in [1.29, 1.82) is 0 Å². The number of carbonyl (C=O) groups is 1. The fraction of sp³-hybridized carbons (Fsp3) is 0.364. The highest BCUT2D eigenvalue weighted by Crippen LogP contribution is 2.45. The van der Waals surface area contributed by atoms with Gasteiger partial charge in [-0.1, -0.05) is 72.3 Å². The molecule has 0 radical (unpaired) electrons. The third kappa shape index (κ3) is 4.78. The number of benzene rings is 3. The van der Waals surface area contributed by atoms with E-state index >= 15 is 0 Å². The molecule has 3 aromatic rings. The van der Waals surface area contributed by atoms with Crippen molar-refractivity contribution in [1.82, 2.24) is 4.90 Å². The summed E-state index contributed by atoms with van der Waals surface area (Å²) in [7, 11) is 0. The van der Waals surface area contributed by atoms with Gasteiger partial charge in [0.15, 0.2) is 11.5 Å². The molecule has 2 aliphatic heterocycles. The third-order valence-electron chi connectivity index (χ3n) is 8.09. The maximum atomic E-state index is 13.4. The number of hydrogen-bond donors (Lipinski definition) is 0. The van der Waals surface area contributed by atoms with E-state index in [1.807, 2.05) is 36.1 Å². The molecule has 1 amide bonds. The second-order valence-electron chi connectivity index (χ2n) is 10.4. The fourth-order valence-electron chi connectivity index (χ4n) is 6.39. The molecule has 3 aromatic carbocycles. The third-order valence-corrected chi connectivity index (χ3v) is 8.09. The zero-order valence-electron chi connectivity index (χ0n) is 22.0. The van der Waals surface area contributed by atoms with Crippen LogP contribution in [-0.2, 0) is 4.74 Å². The Kier molecular flexibility index (Phi) is 7.08. The molecule has 2 heterocycles. The van der Waals surface area contributed by atoms with E-state index in [9.17, 15) is 4.79 Å². The van der Waals surface area contributed by atoms with E-state index in [-0.39, 0.29) is 24.1 Å². The number of piperidine rings is 1. The molecule has 6 rings (SSSR count). The van der Waals surface area contributed by atoms with E-state index in [1.165, 1.54) is 27.8 Å². The highest BCUT2D eigenvalue weighted by Gasteiger charge is 2.38. The number of carbonyl (C=O) groups excluding carboxylic acids is 1. The lowest BCUT2D eigenvalue weighted by Crippen LogP contribution is -2.52. The number of fused-ring (bicyclic) bond motifs is 5. The number of ether oxygens (including phenoxy) is 3. The van der Waals surface area contributed by atoms with Gasteiger partial charge in [0, 0.05) is 18.4 Å². The summed E-state index contributed by atoms with van der Waals surface area (Å²) in [4.78, 5) is 15.4. The van der Waals surface area contributed by atoms with Gasteiger partial charge in [0.1, 0.15) is 6.61 Å². The number of amides is 1. The van der Waals surface area contributed by atoms with Gasteiger partial charge in [0.05, 0.1) is 19.3 Å². The Labute approximate surface area is 225 Å². The first-order chi connectivity index (χ1) is 18.7. The van der Waals surface area contributed by atoms with Gasteiger partial charge in [-0.25, -0.2) is 4.79 Å². The van der Waals surface area contributed by atoms with Crippen molar-refractivity contribution < 1.29 is 19.0 Å². The van der Waals surface area contributed by atoms with Crippen molar-refractivity contribution in [2.45, 2.75) is 57.0 Å². The molecule has 0 spiro atoms. The first-order valence-electron chi connectivity index (χ1n) is 13.9. The van der Waals surface area contributed by atoms with Crippen LogP contribution < -0.4 is 9.47 Å². The predicted octanol–water partition coefficient (Wildman–Crippen LogP) is 7.36. The van der Waals surface area contributed by atoms with Crippen LogP contribution >= 0.6 is 0 Å². The molecule has 2 atom stereocenters. The van der Waals surface area contributed by atoms with E-state index < -0.39 is 0 Å². The van der Waals surface area contributed by atoms with Crippen LogP contribution in [0.2, 0.25) is 0 Å². The van der Waals surface area contributed by atoms with Crippen molar-refractivity contribution in [3.63, 3.8) is 0 Å². The maximum Gasteiger partial charge on any atom is 0.410 e. The lowest BCUT2D eigenvalue weighted by molar-refractivity contribution is 0.0505. The van der Waals surface area contributed by atoms with Crippen molar-refractivity contribution in [3.8, 4) is 22.6 Å². The molecule has 5 heteroatoms. The monoisotopic (exact) mass is 509 g/mol. The van der Waals surface area contributed by atoms with Crippen LogP contribution in [0.3, 0.4) is 0 Å². The number of para-hydroxylation sites is 2. The van der Waals surface area contributed by atoms with E-state index in [0.29, 0.717) is 19.8 Å². The summed E-state index contributed by atoms with van der Waals surface area (Å²) in [5.41, 5.74) is 6.36. The minimum Gasteiger partial charge on any atom is -0.490 e. The van der Waals surface area contributed by atoms with Gasteiger partial charge in [-0.05, 0) is 67.0 Å². The minimum atomic E-state index is -0.182. The molecule has 0 aromatic heterocycles. The fourth-order valence-corrected chi connectivity index (χ4v) is 6.39. The number of nitrogens with zero attached hydrogens (tertiary/aromatic N) is 1. The van der Waals surface area contributed by atoms with E-state index in [1.54, 1.807) is 0 Å². The predicted molar refractivity (Wildman–Crippen MR) is 149 cm³/mol. The van der Waals surface area contributed by atoms with Crippen molar-refractivity contribution in [2.24, 2.45) is 0 Å². The lowest BCUT2D eigenvalue weighted by atomic mass is 9.84. The Hall–Kier alpha value is -3.73. The first-order valence-corrected chi connectivity index (χ1v) is 13.9. The van der Waals surface area contributed by atoms with Crippen LogP contribution in [0.4, 0.5) is 4.79 Å². The minimum absolute atomic E-state index is 0.0822. The van der Waals surface area contributed by atoms with Crippen LogP contribution in [0.15, 0.2) is 84.4 Å². The van der Waals surface area contributed by atoms with Gasteiger partial charge in [-0.3, -0.25) is 4.90 Å². The number of hydrogen-bond acceptors (Lipinski definition) is 4. The summed E-state index contributed by atoms with van der Waals surface area (Å²) < 4.78 is 17.8. The summed E-state index contributed by atoms with van der Waals surface area (Å²) in [5.74, 6) is 1.65. The smallest absolute Gasteiger partial charge is 0.410 e. The molecule has 1 aliphatic carbocycles. The molecule has 2 unspecified atom stereocenters. The average molecular weight is 510 g/mol. The zero-order valence-corrected chi connectivity index (χ0v) is 22.0. The molecule has 5 nitrogen and oxygen atoms in total. The summed E-state index contributed by atoms with van der Waals surface area (Å²) in [6, 6.07) is 25.0. The van der Waals surface area contributed by atoms with E-state index in [0.717, 1.165) is 43.6 Å². The molecule has 0 N–H and O–H groups in total. The Morgan fingerprint density at radius 3 is 2.21 bits per heavy atom. The highest BCUT2D eigenvalue weighted by atomic mass is 16.6. The molecule has 1 saturated heterocycles. The molecule has 2 bridgehead atoms. The Bertz CT molecular complexity index is 1290. The molecule has 196 valence electrons. The Morgan fingerprint density at radius 2 is 1.53 bits per heavy atom. The summed E-state index contributed by atoms with van der Waals surface area (Å²) in [6.07, 6.45) is 6.99. The van der Waals surface area contributed by atoms with Gasteiger partial charge in [-0.15, -0.1) is 0 Å². The normalized spacial score (nSPS) is 19.8. The van der Waals surface area contributed by atoms with Gasteiger partial charge >= 0.3 is 6.09 Å². The average Bonchev–Trinajstić information content (AvgIpc) is 3.26. The summed E-state index contributed by atoms with van der Waals surface area (Å²) >= 11 is 0. The SMILES string of the molecule is CCOc1ccccc1OCCC1=CC2CCCC(C1)N2C(=O)OCC1c2ccccc2-c2ccccc21. The molecule has 0 saturated carbocycles. The van der Waals surface area contributed by atoms with Crippen molar-refractivity contribution >= 4 is 6.09 Å². The first kappa shape index (κ1) is 24.6. The zero-order chi connectivity index (χ0) is 25.9. The Morgan fingerprint density at radius 1 is 0.868 bits per heavy atom. The van der Waals surface area contributed by atoms with Crippen LogP contribution in [0.1, 0.15) is 56.1 Å². The highest BCUT2D eigenvalue weighted by molar-refractivity contribution is 5.79. The molecule has 38 heavy (non-hydrogen) atoms. The topological polar surface area (TPSA) is 48.0 Å². The van der Waals surface area contributed by atoms with E-state index in [2.05, 4.69) is 54.6 Å². The van der Waals surface area contributed by atoms with Gasteiger partial charge in [0.2, 0.25) is 0 Å². The van der Waals surface area contributed by atoms with Crippen LogP contribution in [0, 0.1) is 0 Å². The van der Waals surface area contributed by atoms with E-state index in [4.69, 9.17) is 14.2 Å². The van der Waals surface area contributed by atoms with Crippen LogP contribution in [-0.4, -0.2) is 42.9 Å². The lowest BCUT2D eigenvalue weighted by Gasteiger charge is -2.44. The number of rotatable bonds is 8. The van der Waals surface area contributed by atoms with Crippen molar-refractivity contribution in [2.75, 3.05) is 19.8 Å². The second kappa shape index (κ2) is 10.9. The van der Waals surface area contributed by atoms with Crippen LogP contribution in [0.5, 0.6) is 11.5 Å². The van der Waals surface area contributed by atoms with Crippen molar-refractivity contribution in [3.05, 3.63) is 95.6 Å². The summed E-state index contributed by atoms with van der Waals surface area (Å²) in [5, 5.41) is 0. The maximum absolute atomic E-state index is 13.4. The standard InChI is InChI=1S/C33H35NO4/c1-2-36-31-16-7-8-17-32(31)37-19-18-23-20-24-10-9-11-25(21-23)34(24)33(35)38-22-30-28-14-5-3-12-26(28)27-13-4-6-15-29(27)30/h3-8,12-17,20,24-25,30H,2,9-11,18-19,21-22H2,1H3. The molecular weight excluding hydrogens is 474 g/mol. The largest absolute Gasteiger partial charge is 0.490 e. The quantitative estimate of drug-likeness (QED) is 0.298. The van der Waals surface area contributed by atoms with Gasteiger partial charge in [-0.2, -0.15) is 0 Å². The molecule has 3 aliphatic rings. The molecular formula is C33H35NO4. The summed E-state index contributed by atoms with van der Waals surface area (Å²) in [6.45, 7) is 3.55. The van der Waals surface area contributed by atoms with Crippen LogP contribution in [0.25, 0.3) is 11.1 Å². The second-order valence-corrected chi connectivity index (χ2v) is 10.4. The Balaban J connectivity index is 1.10. The van der Waals surface area contributed by atoms with Gasteiger partial charge < -0.3 is 14.2 Å².